The normalized spacial score (nSPS) is 18.5. The minimum atomic E-state index is 0. The van der Waals surface area contributed by atoms with Gasteiger partial charge in [0.25, 0.3) is 5.91 Å². The van der Waals surface area contributed by atoms with Crippen molar-refractivity contribution in [1.82, 2.24) is 9.80 Å². The largest absolute Gasteiger partial charge is 0.373 e. The second kappa shape index (κ2) is 13.7. The first-order valence-electron chi connectivity index (χ1n) is 10.5. The van der Waals surface area contributed by atoms with E-state index in [1.165, 1.54) is 11.1 Å². The minimum Gasteiger partial charge on any atom is -0.373 e. The topological polar surface area (TPSA) is 58.8 Å². The van der Waals surface area contributed by atoms with Crippen molar-refractivity contribution in [3.05, 3.63) is 71.3 Å². The van der Waals surface area contributed by atoms with Gasteiger partial charge in [-0.1, -0.05) is 42.5 Å². The molecule has 31 heavy (non-hydrogen) atoms. The van der Waals surface area contributed by atoms with Crippen molar-refractivity contribution < 1.29 is 9.53 Å². The molecule has 0 aliphatic carbocycles. The summed E-state index contributed by atoms with van der Waals surface area (Å²) in [6.45, 7) is 8.70. The highest BCUT2D eigenvalue weighted by Crippen LogP contribution is 2.15. The fraction of sp³-hybridized carbons (Fsp3) is 0.458. The molecule has 1 fully saturated rings. The summed E-state index contributed by atoms with van der Waals surface area (Å²) in [5.41, 5.74) is 8.92. The van der Waals surface area contributed by atoms with Crippen molar-refractivity contribution >= 4 is 30.7 Å². The third kappa shape index (κ3) is 8.43. The Labute approximate surface area is 198 Å². The third-order valence-corrected chi connectivity index (χ3v) is 5.30. The Morgan fingerprint density at radius 2 is 1.58 bits per heavy atom. The molecule has 2 atom stereocenters. The van der Waals surface area contributed by atoms with Crippen LogP contribution >= 0.6 is 24.8 Å². The lowest BCUT2D eigenvalue weighted by molar-refractivity contribution is -0.0704. The summed E-state index contributed by atoms with van der Waals surface area (Å²) in [6, 6.07) is 18.3. The van der Waals surface area contributed by atoms with Crippen molar-refractivity contribution in [2.24, 2.45) is 5.73 Å². The molecule has 2 aromatic rings. The first-order chi connectivity index (χ1) is 14.0. The monoisotopic (exact) mass is 467 g/mol. The number of benzene rings is 2. The predicted molar refractivity (Wildman–Crippen MR) is 131 cm³/mol. The highest BCUT2D eigenvalue weighted by molar-refractivity contribution is 5.94. The number of carbonyl (C=O) groups is 1. The number of carbonyl (C=O) groups excluding carboxylic acids is 1. The Balaban J connectivity index is 0.00000240. The maximum Gasteiger partial charge on any atom is 0.253 e. The lowest BCUT2D eigenvalue weighted by Gasteiger charge is -2.35. The van der Waals surface area contributed by atoms with Crippen LogP contribution in [0.15, 0.2) is 54.6 Å². The fourth-order valence-electron chi connectivity index (χ4n) is 3.99. The van der Waals surface area contributed by atoms with Gasteiger partial charge in [-0.2, -0.15) is 0 Å². The van der Waals surface area contributed by atoms with Crippen molar-refractivity contribution in [2.75, 3.05) is 32.7 Å². The molecule has 0 bridgehead atoms. The molecule has 2 aromatic carbocycles. The first kappa shape index (κ1) is 27.4. The second-order valence-electron chi connectivity index (χ2n) is 7.96. The van der Waals surface area contributed by atoms with Gasteiger partial charge in [0, 0.05) is 44.8 Å². The van der Waals surface area contributed by atoms with E-state index in [2.05, 4.69) is 43.0 Å². The van der Waals surface area contributed by atoms with E-state index in [1.807, 2.05) is 35.2 Å². The number of ether oxygens (including phenoxy) is 1. The van der Waals surface area contributed by atoms with Crippen LogP contribution in [0.3, 0.4) is 0 Å². The summed E-state index contributed by atoms with van der Waals surface area (Å²) in [4.78, 5) is 17.3. The fourth-order valence-corrected chi connectivity index (χ4v) is 3.99. The van der Waals surface area contributed by atoms with Crippen molar-refractivity contribution in [2.45, 2.75) is 39.0 Å². The zero-order valence-electron chi connectivity index (χ0n) is 18.4. The van der Waals surface area contributed by atoms with Crippen LogP contribution in [0, 0.1) is 0 Å². The van der Waals surface area contributed by atoms with Crippen LogP contribution in [0.1, 0.15) is 35.3 Å². The standard InChI is InChI=1S/C24H33N3O2.2ClH/c1-19-16-26(17-20(2)29-19)18-22-8-10-23(11-9-22)24(28)27(15-13-25)14-12-21-6-4-3-5-7-21;;/h3-11,19-20H,12-18,25H2,1-2H3;2*1H. The van der Waals surface area contributed by atoms with Crippen molar-refractivity contribution in [3.8, 4) is 0 Å². The molecule has 2 N–H and O–H groups in total. The van der Waals surface area contributed by atoms with E-state index in [-0.39, 0.29) is 42.9 Å². The van der Waals surface area contributed by atoms with Gasteiger partial charge < -0.3 is 15.4 Å². The van der Waals surface area contributed by atoms with Crippen LogP contribution in [0.4, 0.5) is 0 Å². The van der Waals surface area contributed by atoms with Gasteiger partial charge in [0.2, 0.25) is 0 Å². The van der Waals surface area contributed by atoms with Crippen molar-refractivity contribution in [3.63, 3.8) is 0 Å². The number of hydrogen-bond acceptors (Lipinski definition) is 4. The van der Waals surface area contributed by atoms with Crippen LogP contribution in [-0.2, 0) is 17.7 Å². The second-order valence-corrected chi connectivity index (χ2v) is 7.96. The molecular weight excluding hydrogens is 433 g/mol. The summed E-state index contributed by atoms with van der Waals surface area (Å²) in [6.07, 6.45) is 1.35. The smallest absolute Gasteiger partial charge is 0.253 e. The molecule has 0 aromatic heterocycles. The zero-order chi connectivity index (χ0) is 20.6. The van der Waals surface area contributed by atoms with Crippen molar-refractivity contribution in [1.29, 1.82) is 0 Å². The highest BCUT2D eigenvalue weighted by atomic mass is 35.5. The van der Waals surface area contributed by atoms with Crippen LogP contribution in [0.25, 0.3) is 0 Å². The van der Waals surface area contributed by atoms with Crippen LogP contribution in [-0.4, -0.2) is 60.6 Å². The van der Waals surface area contributed by atoms with E-state index in [9.17, 15) is 4.79 Å². The SMILES string of the molecule is CC1CN(Cc2ccc(C(=O)N(CCN)CCc3ccccc3)cc2)CC(C)O1.Cl.Cl. The van der Waals surface area contributed by atoms with Gasteiger partial charge in [-0.25, -0.2) is 0 Å². The molecular formula is C24H35Cl2N3O2. The Kier molecular flexibility index (Phi) is 12.1. The van der Waals surface area contributed by atoms with Gasteiger partial charge >= 0.3 is 0 Å². The van der Waals surface area contributed by atoms with Gasteiger partial charge in [0.15, 0.2) is 0 Å². The average Bonchev–Trinajstić information content (AvgIpc) is 2.71. The molecule has 3 rings (SSSR count). The van der Waals surface area contributed by atoms with Crippen LogP contribution in [0.5, 0.6) is 0 Å². The number of nitrogens with two attached hydrogens (primary N) is 1. The van der Waals surface area contributed by atoms with E-state index in [4.69, 9.17) is 10.5 Å². The summed E-state index contributed by atoms with van der Waals surface area (Å²) < 4.78 is 5.81. The Morgan fingerprint density at radius 3 is 2.16 bits per heavy atom. The molecule has 0 spiro atoms. The molecule has 172 valence electrons. The van der Waals surface area contributed by atoms with Gasteiger partial charge in [-0.3, -0.25) is 9.69 Å². The van der Waals surface area contributed by atoms with E-state index in [0.29, 0.717) is 19.6 Å². The molecule has 1 heterocycles. The first-order valence-corrected chi connectivity index (χ1v) is 10.5. The predicted octanol–water partition coefficient (Wildman–Crippen LogP) is 3.78. The van der Waals surface area contributed by atoms with Gasteiger partial charge in [0.05, 0.1) is 12.2 Å². The lowest BCUT2D eigenvalue weighted by atomic mass is 10.1. The molecule has 0 radical (unpaired) electrons. The Bertz CT molecular complexity index is 764. The molecule has 2 unspecified atom stereocenters. The highest BCUT2D eigenvalue weighted by Gasteiger charge is 2.22. The summed E-state index contributed by atoms with van der Waals surface area (Å²) in [7, 11) is 0. The summed E-state index contributed by atoms with van der Waals surface area (Å²) in [5.74, 6) is 0.0477. The number of nitrogens with zero attached hydrogens (tertiary/aromatic N) is 2. The van der Waals surface area contributed by atoms with Crippen LogP contribution in [0.2, 0.25) is 0 Å². The molecule has 1 aliphatic heterocycles. The molecule has 1 amide bonds. The molecule has 5 nitrogen and oxygen atoms in total. The summed E-state index contributed by atoms with van der Waals surface area (Å²) in [5, 5.41) is 0. The zero-order valence-corrected chi connectivity index (χ0v) is 20.0. The third-order valence-electron chi connectivity index (χ3n) is 5.30. The van der Waals surface area contributed by atoms with E-state index < -0.39 is 0 Å². The number of hydrogen-bond donors (Lipinski definition) is 1. The molecule has 1 saturated heterocycles. The number of morpholine rings is 1. The van der Waals surface area contributed by atoms with E-state index in [0.717, 1.165) is 31.6 Å². The van der Waals surface area contributed by atoms with Crippen LogP contribution < -0.4 is 5.73 Å². The van der Waals surface area contributed by atoms with E-state index >= 15 is 0 Å². The number of halogens is 2. The minimum absolute atomic E-state index is 0. The van der Waals surface area contributed by atoms with Gasteiger partial charge in [0.1, 0.15) is 0 Å². The maximum absolute atomic E-state index is 13.0. The molecule has 1 aliphatic rings. The lowest BCUT2D eigenvalue weighted by Crippen LogP contribution is -2.44. The summed E-state index contributed by atoms with van der Waals surface area (Å²) >= 11 is 0. The maximum atomic E-state index is 13.0. The Morgan fingerprint density at radius 1 is 0.968 bits per heavy atom. The van der Waals surface area contributed by atoms with E-state index in [1.54, 1.807) is 0 Å². The van der Waals surface area contributed by atoms with Gasteiger partial charge in [-0.15, -0.1) is 24.8 Å². The number of rotatable bonds is 8. The van der Waals surface area contributed by atoms with Gasteiger partial charge in [-0.05, 0) is 43.5 Å². The quantitative estimate of drug-likeness (QED) is 0.641. The molecule has 7 heteroatoms. The molecule has 0 saturated carbocycles. The number of amides is 1. The Hall–Kier alpha value is -1.63. The average molecular weight is 468 g/mol.